The van der Waals surface area contributed by atoms with Crippen LogP contribution in [0.15, 0.2) is 42.5 Å². The molecule has 0 spiro atoms. The Balaban J connectivity index is 2.35. The number of anilines is 2. The molecule has 0 saturated carbocycles. The number of benzene rings is 2. The summed E-state index contributed by atoms with van der Waals surface area (Å²) in [5, 5.41) is 3.01. The molecule has 2 aromatic carbocycles. The van der Waals surface area contributed by atoms with Crippen molar-refractivity contribution in [1.82, 2.24) is 0 Å². The fourth-order valence-electron chi connectivity index (χ4n) is 1.80. The first-order valence-corrected chi connectivity index (χ1v) is 6.44. The molecule has 1 amide bonds. The third kappa shape index (κ3) is 3.32. The average molecular weight is 305 g/mol. The number of halogens is 1. The number of amides is 1. The second-order valence-electron chi connectivity index (χ2n) is 4.22. The minimum atomic E-state index is -0.567. The maximum Gasteiger partial charge on any atom is 0.339 e. The van der Waals surface area contributed by atoms with E-state index in [2.05, 4.69) is 10.1 Å². The number of rotatable bonds is 3. The number of nitrogen functional groups attached to an aromatic ring is 1. The molecule has 0 unspecified atom stereocenters. The SMILES string of the molecule is COC(=O)c1ccc(Cl)cc1NC(=O)c1ccccc1N. The van der Waals surface area contributed by atoms with Crippen molar-refractivity contribution < 1.29 is 14.3 Å². The molecule has 3 N–H and O–H groups in total. The van der Waals surface area contributed by atoms with Gasteiger partial charge in [0.15, 0.2) is 0 Å². The van der Waals surface area contributed by atoms with Gasteiger partial charge in [0.2, 0.25) is 0 Å². The molecule has 0 bridgehead atoms. The molecule has 2 aromatic rings. The van der Waals surface area contributed by atoms with Gasteiger partial charge in [-0.05, 0) is 30.3 Å². The van der Waals surface area contributed by atoms with Crippen LogP contribution in [0.2, 0.25) is 5.02 Å². The Hall–Kier alpha value is -2.53. The van der Waals surface area contributed by atoms with E-state index in [1.165, 1.54) is 19.2 Å². The molecule has 0 aliphatic heterocycles. The fourth-order valence-corrected chi connectivity index (χ4v) is 1.97. The van der Waals surface area contributed by atoms with Crippen LogP contribution in [0.25, 0.3) is 0 Å². The van der Waals surface area contributed by atoms with Crippen molar-refractivity contribution in [2.75, 3.05) is 18.2 Å². The van der Waals surface area contributed by atoms with Gasteiger partial charge in [0, 0.05) is 10.7 Å². The van der Waals surface area contributed by atoms with Crippen molar-refractivity contribution in [2.45, 2.75) is 0 Å². The van der Waals surface area contributed by atoms with Gasteiger partial charge in [0.05, 0.1) is 23.9 Å². The molecule has 2 rings (SSSR count). The van der Waals surface area contributed by atoms with E-state index in [4.69, 9.17) is 17.3 Å². The lowest BCUT2D eigenvalue weighted by Crippen LogP contribution is -2.16. The monoisotopic (exact) mass is 304 g/mol. The molecular weight excluding hydrogens is 292 g/mol. The fraction of sp³-hybridized carbons (Fsp3) is 0.0667. The summed E-state index contributed by atoms with van der Waals surface area (Å²) in [6.45, 7) is 0. The number of hydrogen-bond donors (Lipinski definition) is 2. The Kier molecular flexibility index (Phi) is 4.45. The Bertz CT molecular complexity index is 701. The molecule has 0 saturated heterocycles. The molecule has 0 aliphatic carbocycles. The van der Waals surface area contributed by atoms with E-state index in [1.807, 2.05) is 0 Å². The van der Waals surface area contributed by atoms with Gasteiger partial charge in [-0.25, -0.2) is 4.79 Å². The molecule has 0 radical (unpaired) electrons. The van der Waals surface area contributed by atoms with E-state index in [1.54, 1.807) is 30.3 Å². The van der Waals surface area contributed by atoms with Gasteiger partial charge in [-0.2, -0.15) is 0 Å². The van der Waals surface area contributed by atoms with Gasteiger partial charge in [0.1, 0.15) is 0 Å². The van der Waals surface area contributed by atoms with Crippen LogP contribution in [0.5, 0.6) is 0 Å². The zero-order valence-electron chi connectivity index (χ0n) is 11.2. The minimum Gasteiger partial charge on any atom is -0.465 e. The second kappa shape index (κ2) is 6.28. The number of esters is 1. The summed E-state index contributed by atoms with van der Waals surface area (Å²) in [5.74, 6) is -0.997. The van der Waals surface area contributed by atoms with Crippen molar-refractivity contribution in [2.24, 2.45) is 0 Å². The first kappa shape index (κ1) is 14.9. The lowest BCUT2D eigenvalue weighted by atomic mass is 10.1. The highest BCUT2D eigenvalue weighted by Gasteiger charge is 2.16. The maximum absolute atomic E-state index is 12.2. The lowest BCUT2D eigenvalue weighted by molar-refractivity contribution is 0.0602. The number of nitrogens with two attached hydrogens (primary N) is 1. The maximum atomic E-state index is 12.2. The second-order valence-corrected chi connectivity index (χ2v) is 4.66. The van der Waals surface area contributed by atoms with Crippen LogP contribution < -0.4 is 11.1 Å². The van der Waals surface area contributed by atoms with E-state index in [0.29, 0.717) is 16.3 Å². The summed E-state index contributed by atoms with van der Waals surface area (Å²) in [7, 11) is 1.26. The van der Waals surface area contributed by atoms with Crippen LogP contribution in [0.3, 0.4) is 0 Å². The zero-order chi connectivity index (χ0) is 15.4. The molecule has 0 atom stereocenters. The Morgan fingerprint density at radius 2 is 1.86 bits per heavy atom. The summed E-state index contributed by atoms with van der Waals surface area (Å²) >= 11 is 5.90. The third-order valence-corrected chi connectivity index (χ3v) is 3.08. The van der Waals surface area contributed by atoms with Gasteiger partial charge in [0.25, 0.3) is 5.91 Å². The summed E-state index contributed by atoms with van der Waals surface area (Å²) in [6, 6.07) is 11.1. The molecule has 108 valence electrons. The van der Waals surface area contributed by atoms with E-state index in [0.717, 1.165) is 0 Å². The molecule has 6 heteroatoms. The quantitative estimate of drug-likeness (QED) is 0.674. The van der Waals surface area contributed by atoms with Crippen LogP contribution in [0, 0.1) is 0 Å². The van der Waals surface area contributed by atoms with Crippen LogP contribution in [0.4, 0.5) is 11.4 Å². The van der Waals surface area contributed by atoms with E-state index in [9.17, 15) is 9.59 Å². The average Bonchev–Trinajstić information content (AvgIpc) is 2.47. The first-order chi connectivity index (χ1) is 10.0. The predicted octanol–water partition coefficient (Wildman–Crippen LogP) is 2.96. The van der Waals surface area contributed by atoms with Crippen molar-refractivity contribution in [1.29, 1.82) is 0 Å². The van der Waals surface area contributed by atoms with Crippen molar-refractivity contribution in [3.8, 4) is 0 Å². The highest BCUT2D eigenvalue weighted by Crippen LogP contribution is 2.23. The predicted molar refractivity (Wildman–Crippen MR) is 81.6 cm³/mol. The summed E-state index contributed by atoms with van der Waals surface area (Å²) in [4.78, 5) is 23.9. The van der Waals surface area contributed by atoms with Crippen molar-refractivity contribution in [3.05, 3.63) is 58.6 Å². The van der Waals surface area contributed by atoms with Crippen LogP contribution in [0.1, 0.15) is 20.7 Å². The highest BCUT2D eigenvalue weighted by atomic mass is 35.5. The molecule has 0 heterocycles. The Labute approximate surface area is 126 Å². The number of ether oxygens (including phenoxy) is 1. The van der Waals surface area contributed by atoms with Gasteiger partial charge < -0.3 is 15.8 Å². The van der Waals surface area contributed by atoms with Crippen LogP contribution in [-0.2, 0) is 4.74 Å². The largest absolute Gasteiger partial charge is 0.465 e. The summed E-state index contributed by atoms with van der Waals surface area (Å²) < 4.78 is 4.67. The summed E-state index contributed by atoms with van der Waals surface area (Å²) in [5.41, 5.74) is 6.89. The van der Waals surface area contributed by atoms with E-state index < -0.39 is 11.9 Å². The van der Waals surface area contributed by atoms with Crippen molar-refractivity contribution in [3.63, 3.8) is 0 Å². The number of carbonyl (C=O) groups is 2. The topological polar surface area (TPSA) is 81.4 Å². The number of methoxy groups -OCH3 is 1. The van der Waals surface area contributed by atoms with Gasteiger partial charge >= 0.3 is 5.97 Å². The minimum absolute atomic E-state index is 0.213. The third-order valence-electron chi connectivity index (χ3n) is 2.84. The Morgan fingerprint density at radius 1 is 1.14 bits per heavy atom. The smallest absolute Gasteiger partial charge is 0.339 e. The van der Waals surface area contributed by atoms with Crippen LogP contribution >= 0.6 is 11.6 Å². The number of carbonyl (C=O) groups excluding carboxylic acids is 2. The summed E-state index contributed by atoms with van der Waals surface area (Å²) in [6.07, 6.45) is 0. The first-order valence-electron chi connectivity index (χ1n) is 6.06. The zero-order valence-corrected chi connectivity index (χ0v) is 12.0. The van der Waals surface area contributed by atoms with Gasteiger partial charge in [-0.3, -0.25) is 4.79 Å². The van der Waals surface area contributed by atoms with Crippen LogP contribution in [-0.4, -0.2) is 19.0 Å². The lowest BCUT2D eigenvalue weighted by Gasteiger charge is -2.11. The Morgan fingerprint density at radius 3 is 2.52 bits per heavy atom. The number of para-hydroxylation sites is 1. The van der Waals surface area contributed by atoms with Gasteiger partial charge in [-0.1, -0.05) is 23.7 Å². The molecule has 0 fully saturated rings. The molecule has 21 heavy (non-hydrogen) atoms. The van der Waals surface area contributed by atoms with Crippen molar-refractivity contribution >= 4 is 34.9 Å². The van der Waals surface area contributed by atoms with E-state index >= 15 is 0 Å². The van der Waals surface area contributed by atoms with Gasteiger partial charge in [-0.15, -0.1) is 0 Å². The molecular formula is C15H13ClN2O3. The molecule has 0 aromatic heterocycles. The number of nitrogens with one attached hydrogen (secondary N) is 1. The normalized spacial score (nSPS) is 10.0. The standard InChI is InChI=1S/C15H13ClN2O3/c1-21-15(20)11-7-6-9(16)8-13(11)18-14(19)10-4-2-3-5-12(10)17/h2-8H,17H2,1H3,(H,18,19). The molecule has 5 nitrogen and oxygen atoms in total. The molecule has 0 aliphatic rings. The highest BCUT2D eigenvalue weighted by molar-refractivity contribution is 6.31. The number of hydrogen-bond acceptors (Lipinski definition) is 4. The van der Waals surface area contributed by atoms with E-state index in [-0.39, 0.29) is 11.3 Å².